The first-order valence-electron chi connectivity index (χ1n) is 8.78. The quantitative estimate of drug-likeness (QED) is 0.326. The number of amidine groups is 1. The van der Waals surface area contributed by atoms with E-state index in [1.807, 2.05) is 37.3 Å². The first-order valence-corrected chi connectivity index (χ1v) is 13.0. The molecule has 1 unspecified atom stereocenters. The molecule has 26 heavy (non-hydrogen) atoms. The van der Waals surface area contributed by atoms with E-state index in [-0.39, 0.29) is 0 Å². The third kappa shape index (κ3) is 5.83. The van der Waals surface area contributed by atoms with E-state index in [0.29, 0.717) is 5.75 Å². The van der Waals surface area contributed by atoms with Crippen LogP contribution in [0.15, 0.2) is 53.4 Å². The minimum absolute atomic E-state index is 0.676. The van der Waals surface area contributed by atoms with Gasteiger partial charge in [-0.3, -0.25) is 4.98 Å². The molecule has 2 aromatic rings. The number of aromatic nitrogens is 1. The summed E-state index contributed by atoms with van der Waals surface area (Å²) in [5, 5.41) is 0. The number of rotatable bonds is 8. The molecular formula is C19H26N3OPS2. The van der Waals surface area contributed by atoms with Crippen LogP contribution in [0.4, 0.5) is 0 Å². The molecule has 0 N–H and O–H groups in total. The molecule has 0 saturated carbocycles. The highest BCUT2D eigenvalue weighted by molar-refractivity contribution is 8.69. The van der Waals surface area contributed by atoms with Crippen molar-refractivity contribution in [2.75, 3.05) is 18.8 Å². The number of hydrogen-bond acceptors (Lipinski definition) is 4. The van der Waals surface area contributed by atoms with Crippen molar-refractivity contribution >= 4 is 34.6 Å². The minimum atomic E-state index is -2.50. The van der Waals surface area contributed by atoms with Gasteiger partial charge >= 0.3 is 0 Å². The standard InChI is InChI=1S/C19H26N3OPS2/c1-5-22(6-2)19(17-11-9-8-10-12-17)21-24(25,26-7-3)23-18-14-13-16(4)20-15-18/h8-15H,5-7H2,1-4H3. The Morgan fingerprint density at radius 1 is 1.15 bits per heavy atom. The fourth-order valence-electron chi connectivity index (χ4n) is 2.41. The lowest BCUT2D eigenvalue weighted by molar-refractivity contribution is 0.467. The topological polar surface area (TPSA) is 37.7 Å². The van der Waals surface area contributed by atoms with Crippen LogP contribution in [0.25, 0.3) is 0 Å². The molecule has 140 valence electrons. The molecule has 0 aliphatic heterocycles. The monoisotopic (exact) mass is 407 g/mol. The smallest absolute Gasteiger partial charge is 0.282 e. The highest BCUT2D eigenvalue weighted by Gasteiger charge is 2.23. The van der Waals surface area contributed by atoms with Gasteiger partial charge < -0.3 is 9.42 Å². The predicted molar refractivity (Wildman–Crippen MR) is 118 cm³/mol. The molecule has 0 saturated heterocycles. The average molecular weight is 408 g/mol. The Bertz CT molecular complexity index is 762. The largest absolute Gasteiger partial charge is 0.438 e. The van der Waals surface area contributed by atoms with Crippen molar-refractivity contribution in [3.05, 3.63) is 59.9 Å². The lowest BCUT2D eigenvalue weighted by Gasteiger charge is -2.26. The molecule has 0 bridgehead atoms. The number of aryl methyl sites for hydroxylation is 1. The van der Waals surface area contributed by atoms with Gasteiger partial charge in [-0.2, -0.15) is 4.76 Å². The molecule has 1 atom stereocenters. The Morgan fingerprint density at radius 2 is 1.85 bits per heavy atom. The van der Waals surface area contributed by atoms with Gasteiger partial charge in [-0.05, 0) is 44.7 Å². The van der Waals surface area contributed by atoms with E-state index in [9.17, 15) is 0 Å². The predicted octanol–water partition coefficient (Wildman–Crippen LogP) is 5.54. The summed E-state index contributed by atoms with van der Waals surface area (Å²) in [4.78, 5) is 6.53. The van der Waals surface area contributed by atoms with Crippen LogP contribution in [0, 0.1) is 6.92 Å². The van der Waals surface area contributed by atoms with Crippen molar-refractivity contribution in [1.29, 1.82) is 0 Å². The number of nitrogens with zero attached hydrogens (tertiary/aromatic N) is 3. The summed E-state index contributed by atoms with van der Waals surface area (Å²) >= 11 is 7.52. The number of hydrogen-bond donors (Lipinski definition) is 0. The fraction of sp³-hybridized carbons (Fsp3) is 0.368. The molecule has 0 radical (unpaired) electrons. The normalized spacial score (nSPS) is 13.9. The van der Waals surface area contributed by atoms with Crippen LogP contribution in [0.5, 0.6) is 5.75 Å². The van der Waals surface area contributed by atoms with Gasteiger partial charge in [0.2, 0.25) is 0 Å². The van der Waals surface area contributed by atoms with Gasteiger partial charge in [-0.1, -0.05) is 48.6 Å². The van der Waals surface area contributed by atoms with Crippen molar-refractivity contribution in [3.8, 4) is 5.75 Å². The highest BCUT2D eigenvalue weighted by atomic mass is 32.9. The molecular weight excluding hydrogens is 381 g/mol. The number of benzene rings is 1. The van der Waals surface area contributed by atoms with Crippen molar-refractivity contribution in [3.63, 3.8) is 0 Å². The highest BCUT2D eigenvalue weighted by Crippen LogP contribution is 2.61. The molecule has 2 rings (SSSR count). The zero-order valence-electron chi connectivity index (χ0n) is 15.8. The zero-order chi connectivity index (χ0) is 19.0. The maximum atomic E-state index is 6.20. The number of pyridine rings is 1. The van der Waals surface area contributed by atoms with Gasteiger partial charge in [0.15, 0.2) is 0 Å². The van der Waals surface area contributed by atoms with Crippen LogP contribution in [0.2, 0.25) is 0 Å². The minimum Gasteiger partial charge on any atom is -0.438 e. The summed E-state index contributed by atoms with van der Waals surface area (Å²) < 4.78 is 11.2. The summed E-state index contributed by atoms with van der Waals surface area (Å²) in [5.41, 5.74) is -0.490. The molecule has 1 aromatic heterocycles. The van der Waals surface area contributed by atoms with E-state index in [4.69, 9.17) is 21.1 Å². The lowest BCUT2D eigenvalue weighted by atomic mass is 10.2. The zero-order valence-corrected chi connectivity index (χ0v) is 18.3. The summed E-state index contributed by atoms with van der Waals surface area (Å²) in [6.45, 7) is 10.0. The first-order chi connectivity index (χ1) is 12.5. The third-order valence-electron chi connectivity index (χ3n) is 3.71. The molecule has 0 amide bonds. The lowest BCUT2D eigenvalue weighted by Crippen LogP contribution is -2.31. The molecule has 0 fully saturated rings. The van der Waals surface area contributed by atoms with Gasteiger partial charge in [0, 0.05) is 30.1 Å². The van der Waals surface area contributed by atoms with E-state index in [1.165, 1.54) is 0 Å². The van der Waals surface area contributed by atoms with Crippen molar-refractivity contribution < 1.29 is 4.52 Å². The fourth-order valence-corrected chi connectivity index (χ4v) is 6.98. The summed E-state index contributed by atoms with van der Waals surface area (Å²) in [5.74, 6) is 2.43. The van der Waals surface area contributed by atoms with Crippen LogP contribution in [0.3, 0.4) is 0 Å². The SMILES string of the molecule is CCSP(=S)(N=C(c1ccccc1)N(CC)CC)Oc1ccc(C)nc1. The van der Waals surface area contributed by atoms with E-state index in [2.05, 4.69) is 42.8 Å². The Hall–Kier alpha value is -1.36. The van der Waals surface area contributed by atoms with Crippen molar-refractivity contribution in [1.82, 2.24) is 9.88 Å². The van der Waals surface area contributed by atoms with E-state index in [1.54, 1.807) is 17.6 Å². The molecule has 0 spiro atoms. The molecule has 4 nitrogen and oxygen atoms in total. The van der Waals surface area contributed by atoms with Crippen LogP contribution >= 0.6 is 17.0 Å². The second kappa shape index (κ2) is 10.1. The van der Waals surface area contributed by atoms with Gasteiger partial charge in [-0.15, -0.1) is 0 Å². The molecule has 1 aromatic carbocycles. The van der Waals surface area contributed by atoms with E-state index in [0.717, 1.165) is 35.9 Å². The van der Waals surface area contributed by atoms with Crippen molar-refractivity contribution in [2.24, 2.45) is 4.76 Å². The molecule has 0 aliphatic carbocycles. The molecule has 1 heterocycles. The Morgan fingerprint density at radius 3 is 2.38 bits per heavy atom. The Kier molecular flexibility index (Phi) is 8.14. The summed E-state index contributed by atoms with van der Waals surface area (Å²) in [6, 6.07) is 14.0. The van der Waals surface area contributed by atoms with Crippen LogP contribution in [-0.2, 0) is 11.8 Å². The van der Waals surface area contributed by atoms with E-state index >= 15 is 0 Å². The van der Waals surface area contributed by atoms with Gasteiger partial charge in [0.05, 0.1) is 6.20 Å². The van der Waals surface area contributed by atoms with Gasteiger partial charge in [0.1, 0.15) is 11.6 Å². The summed E-state index contributed by atoms with van der Waals surface area (Å²) in [6.07, 6.45) is 1.72. The van der Waals surface area contributed by atoms with Crippen LogP contribution in [0.1, 0.15) is 32.0 Å². The van der Waals surface area contributed by atoms with Gasteiger partial charge in [-0.25, -0.2) is 0 Å². The van der Waals surface area contributed by atoms with Crippen LogP contribution in [-0.4, -0.2) is 34.6 Å². The summed E-state index contributed by atoms with van der Waals surface area (Å²) in [7, 11) is 0. The van der Waals surface area contributed by atoms with Gasteiger partial charge in [0.25, 0.3) is 5.62 Å². The third-order valence-corrected chi connectivity index (χ3v) is 8.81. The maximum absolute atomic E-state index is 6.20. The van der Waals surface area contributed by atoms with Crippen LogP contribution < -0.4 is 4.52 Å². The Labute approximate surface area is 166 Å². The molecule has 7 heteroatoms. The Balaban J connectivity index is 2.46. The second-order valence-corrected chi connectivity index (χ2v) is 12.2. The average Bonchev–Trinajstić information content (AvgIpc) is 2.65. The molecule has 0 aliphatic rings. The van der Waals surface area contributed by atoms with E-state index < -0.39 is 5.62 Å². The van der Waals surface area contributed by atoms with Crippen molar-refractivity contribution in [2.45, 2.75) is 27.7 Å². The maximum Gasteiger partial charge on any atom is 0.282 e. The second-order valence-electron chi connectivity index (χ2n) is 5.57. The first kappa shape index (κ1) is 20.9.